The summed E-state index contributed by atoms with van der Waals surface area (Å²) in [7, 11) is 1.65. The number of aryl methyl sites for hydroxylation is 1. The molecule has 18 heavy (non-hydrogen) atoms. The number of nitrogens with one attached hydrogen (secondary N) is 1. The summed E-state index contributed by atoms with van der Waals surface area (Å²) in [5.74, 6) is 0. The molecule has 1 rings (SSSR count). The van der Waals surface area contributed by atoms with Gasteiger partial charge in [0.15, 0.2) is 0 Å². The molecule has 0 heterocycles. The van der Waals surface area contributed by atoms with Crippen molar-refractivity contribution in [3.8, 4) is 0 Å². The van der Waals surface area contributed by atoms with E-state index in [9.17, 15) is 5.11 Å². The van der Waals surface area contributed by atoms with Gasteiger partial charge in [0.2, 0.25) is 0 Å². The molecular weight excluding hydrogens is 294 g/mol. The van der Waals surface area contributed by atoms with E-state index in [2.05, 4.69) is 46.4 Å². The first-order chi connectivity index (χ1) is 8.44. The van der Waals surface area contributed by atoms with Crippen LogP contribution in [0.2, 0.25) is 0 Å². The van der Waals surface area contributed by atoms with Crippen molar-refractivity contribution >= 4 is 15.9 Å². The number of hydrogen-bond acceptors (Lipinski definition) is 3. The molecule has 0 amide bonds. The van der Waals surface area contributed by atoms with E-state index in [0.29, 0.717) is 19.6 Å². The monoisotopic (exact) mass is 315 g/mol. The van der Waals surface area contributed by atoms with Crippen molar-refractivity contribution in [2.24, 2.45) is 0 Å². The first kappa shape index (κ1) is 15.6. The van der Waals surface area contributed by atoms with E-state index in [4.69, 9.17) is 4.74 Å². The van der Waals surface area contributed by atoms with Crippen molar-refractivity contribution in [1.29, 1.82) is 0 Å². The van der Waals surface area contributed by atoms with Crippen molar-refractivity contribution < 1.29 is 9.84 Å². The zero-order chi connectivity index (χ0) is 13.6. The van der Waals surface area contributed by atoms with Gasteiger partial charge in [-0.15, -0.1) is 0 Å². The fraction of sp³-hybridized carbons (Fsp3) is 0.571. The van der Waals surface area contributed by atoms with Crippen LogP contribution in [0.3, 0.4) is 0 Å². The van der Waals surface area contributed by atoms with Gasteiger partial charge >= 0.3 is 0 Å². The molecule has 1 atom stereocenters. The van der Waals surface area contributed by atoms with E-state index in [0.717, 1.165) is 11.0 Å². The van der Waals surface area contributed by atoms with Gasteiger partial charge in [-0.2, -0.15) is 0 Å². The fourth-order valence-corrected chi connectivity index (χ4v) is 1.95. The quantitative estimate of drug-likeness (QED) is 0.812. The Balaban J connectivity index is 2.39. The third-order valence-corrected chi connectivity index (χ3v) is 3.79. The third kappa shape index (κ3) is 5.48. The Labute approximate surface area is 118 Å². The second kappa shape index (κ2) is 7.24. The number of methoxy groups -OCH3 is 1. The highest BCUT2D eigenvalue weighted by Crippen LogP contribution is 2.17. The second-order valence-electron chi connectivity index (χ2n) is 4.93. The first-order valence-corrected chi connectivity index (χ1v) is 6.91. The predicted molar refractivity (Wildman–Crippen MR) is 77.7 cm³/mol. The highest BCUT2D eigenvalue weighted by molar-refractivity contribution is 9.10. The molecule has 0 fully saturated rings. The van der Waals surface area contributed by atoms with E-state index < -0.39 is 5.60 Å². The number of hydrogen-bond donors (Lipinski definition) is 2. The van der Waals surface area contributed by atoms with Gasteiger partial charge in [0.1, 0.15) is 0 Å². The van der Waals surface area contributed by atoms with Gasteiger partial charge in [0, 0.05) is 37.7 Å². The Bertz CT molecular complexity index is 380. The lowest BCUT2D eigenvalue weighted by atomic mass is 10.0. The van der Waals surface area contributed by atoms with Crippen molar-refractivity contribution in [1.82, 2.24) is 5.32 Å². The molecule has 102 valence electrons. The molecule has 0 aromatic heterocycles. The van der Waals surface area contributed by atoms with Crippen LogP contribution in [0.4, 0.5) is 0 Å². The molecule has 0 bridgehead atoms. The summed E-state index contributed by atoms with van der Waals surface area (Å²) in [6, 6.07) is 6.27. The normalized spacial score (nSPS) is 14.5. The lowest BCUT2D eigenvalue weighted by molar-refractivity contribution is 0.0247. The minimum Gasteiger partial charge on any atom is -0.389 e. The van der Waals surface area contributed by atoms with Crippen molar-refractivity contribution in [3.63, 3.8) is 0 Å². The van der Waals surface area contributed by atoms with E-state index in [1.807, 2.05) is 6.92 Å². The van der Waals surface area contributed by atoms with Crippen LogP contribution in [0.1, 0.15) is 24.5 Å². The summed E-state index contributed by atoms with van der Waals surface area (Å²) in [6.45, 7) is 5.79. The summed E-state index contributed by atoms with van der Waals surface area (Å²) in [4.78, 5) is 0. The molecule has 3 nitrogen and oxygen atoms in total. The number of rotatable bonds is 7. The summed E-state index contributed by atoms with van der Waals surface area (Å²) >= 11 is 3.48. The average Bonchev–Trinajstić information content (AvgIpc) is 2.31. The molecule has 0 aliphatic heterocycles. The minimum absolute atomic E-state index is 0.561. The Morgan fingerprint density at radius 1 is 1.44 bits per heavy atom. The van der Waals surface area contributed by atoms with Crippen molar-refractivity contribution in [2.75, 3.05) is 20.3 Å². The lowest BCUT2D eigenvalue weighted by Gasteiger charge is -2.23. The van der Waals surface area contributed by atoms with Crippen LogP contribution >= 0.6 is 15.9 Å². The maximum Gasteiger partial charge on any atom is 0.0765 e. The fourth-order valence-electron chi connectivity index (χ4n) is 1.70. The lowest BCUT2D eigenvalue weighted by Crippen LogP contribution is -2.38. The minimum atomic E-state index is -0.722. The largest absolute Gasteiger partial charge is 0.389 e. The Morgan fingerprint density at radius 2 is 2.17 bits per heavy atom. The molecule has 0 radical (unpaired) electrons. The van der Waals surface area contributed by atoms with Gasteiger partial charge in [-0.25, -0.2) is 0 Å². The number of benzene rings is 1. The molecule has 1 aromatic carbocycles. The predicted octanol–water partition coefficient (Wildman–Crippen LogP) is 2.63. The van der Waals surface area contributed by atoms with Crippen LogP contribution in [-0.4, -0.2) is 31.0 Å². The average molecular weight is 316 g/mol. The number of aliphatic hydroxyl groups is 1. The second-order valence-corrected chi connectivity index (χ2v) is 5.78. The molecule has 4 heteroatoms. The summed E-state index contributed by atoms with van der Waals surface area (Å²) < 4.78 is 6.10. The molecule has 2 N–H and O–H groups in total. The van der Waals surface area contributed by atoms with Crippen LogP contribution in [0.25, 0.3) is 0 Å². The summed E-state index contributed by atoms with van der Waals surface area (Å²) in [6.07, 6.45) is 0.635. The SMILES string of the molecule is COCCC(C)(O)CNCc1ccc(Br)c(C)c1. The smallest absolute Gasteiger partial charge is 0.0765 e. The van der Waals surface area contributed by atoms with E-state index in [-0.39, 0.29) is 0 Å². The van der Waals surface area contributed by atoms with Gasteiger partial charge in [0.05, 0.1) is 5.60 Å². The van der Waals surface area contributed by atoms with Gasteiger partial charge in [-0.1, -0.05) is 28.1 Å². The van der Waals surface area contributed by atoms with Crippen molar-refractivity contribution in [2.45, 2.75) is 32.4 Å². The van der Waals surface area contributed by atoms with Gasteiger partial charge in [-0.05, 0) is 31.0 Å². The molecular formula is C14H22BrNO2. The van der Waals surface area contributed by atoms with Crippen molar-refractivity contribution in [3.05, 3.63) is 33.8 Å². The Morgan fingerprint density at radius 3 is 2.78 bits per heavy atom. The van der Waals surface area contributed by atoms with Crippen LogP contribution in [0.15, 0.2) is 22.7 Å². The maximum atomic E-state index is 10.1. The Hall–Kier alpha value is -0.420. The third-order valence-electron chi connectivity index (χ3n) is 2.90. The molecule has 0 saturated heterocycles. The van der Waals surface area contributed by atoms with Crippen LogP contribution in [0.5, 0.6) is 0 Å². The van der Waals surface area contributed by atoms with Crippen LogP contribution < -0.4 is 5.32 Å². The standard InChI is InChI=1S/C14H22BrNO2/c1-11-8-12(4-5-13(11)15)9-16-10-14(2,17)6-7-18-3/h4-5,8,16-17H,6-7,9-10H2,1-3H3. The highest BCUT2D eigenvalue weighted by atomic mass is 79.9. The molecule has 1 unspecified atom stereocenters. The zero-order valence-corrected chi connectivity index (χ0v) is 12.9. The number of halogens is 1. The van der Waals surface area contributed by atoms with E-state index in [1.165, 1.54) is 11.1 Å². The molecule has 0 aliphatic rings. The van der Waals surface area contributed by atoms with Gasteiger partial charge in [0.25, 0.3) is 0 Å². The molecule has 1 aromatic rings. The van der Waals surface area contributed by atoms with E-state index in [1.54, 1.807) is 7.11 Å². The van der Waals surface area contributed by atoms with Gasteiger partial charge in [-0.3, -0.25) is 0 Å². The van der Waals surface area contributed by atoms with Crippen LogP contribution in [0, 0.1) is 6.92 Å². The maximum absolute atomic E-state index is 10.1. The molecule has 0 spiro atoms. The van der Waals surface area contributed by atoms with Crippen LogP contribution in [-0.2, 0) is 11.3 Å². The van der Waals surface area contributed by atoms with E-state index >= 15 is 0 Å². The zero-order valence-electron chi connectivity index (χ0n) is 11.3. The molecule has 0 saturated carbocycles. The highest BCUT2D eigenvalue weighted by Gasteiger charge is 2.19. The molecule has 0 aliphatic carbocycles. The van der Waals surface area contributed by atoms with Gasteiger partial charge < -0.3 is 15.2 Å². The summed E-state index contributed by atoms with van der Waals surface area (Å²) in [5, 5.41) is 13.3. The topological polar surface area (TPSA) is 41.5 Å². The Kier molecular flexibility index (Phi) is 6.29. The first-order valence-electron chi connectivity index (χ1n) is 6.12. The number of ether oxygens (including phenoxy) is 1. The summed E-state index contributed by atoms with van der Waals surface area (Å²) in [5.41, 5.74) is 1.72.